The number of nitrogens with one attached hydrogen (secondary N) is 2. The number of hydrogen-bond acceptors (Lipinski definition) is 4. The van der Waals surface area contributed by atoms with Gasteiger partial charge in [-0.15, -0.1) is 0 Å². The van der Waals surface area contributed by atoms with E-state index in [-0.39, 0.29) is 0 Å². The van der Waals surface area contributed by atoms with E-state index in [1.54, 1.807) is 0 Å². The van der Waals surface area contributed by atoms with Gasteiger partial charge in [0.25, 0.3) is 0 Å². The van der Waals surface area contributed by atoms with Gasteiger partial charge in [0, 0.05) is 22.6 Å². The van der Waals surface area contributed by atoms with E-state index in [9.17, 15) is 0 Å². The van der Waals surface area contributed by atoms with Gasteiger partial charge in [0.05, 0.1) is 5.52 Å². The van der Waals surface area contributed by atoms with Gasteiger partial charge in [0.15, 0.2) is 0 Å². The summed E-state index contributed by atoms with van der Waals surface area (Å²) >= 11 is 3.51. The molecule has 4 nitrogen and oxygen atoms in total. The van der Waals surface area contributed by atoms with Crippen LogP contribution in [-0.4, -0.2) is 17.0 Å². The molecular weight excluding hydrogens is 328 g/mol. The van der Waals surface area contributed by atoms with Crippen molar-refractivity contribution in [3.8, 4) is 0 Å². The minimum absolute atomic E-state index is 0.602. The van der Waals surface area contributed by atoms with E-state index in [1.165, 1.54) is 5.56 Å². The molecule has 3 rings (SSSR count). The van der Waals surface area contributed by atoms with Gasteiger partial charge in [-0.3, -0.25) is 0 Å². The maximum Gasteiger partial charge on any atom is 0.224 e. The Morgan fingerprint density at radius 2 is 1.86 bits per heavy atom. The normalized spacial score (nSPS) is 10.6. The summed E-state index contributed by atoms with van der Waals surface area (Å²) in [5, 5.41) is 7.37. The van der Waals surface area contributed by atoms with Crippen molar-refractivity contribution in [3.05, 3.63) is 52.5 Å². The average Bonchev–Trinajstić information content (AvgIpc) is 2.51. The molecule has 0 aliphatic rings. The summed E-state index contributed by atoms with van der Waals surface area (Å²) in [6.07, 6.45) is 0. The number of anilines is 3. The summed E-state index contributed by atoms with van der Waals surface area (Å²) in [6.45, 7) is 2.06. The first-order valence-electron chi connectivity index (χ1n) is 6.65. The first-order chi connectivity index (χ1) is 10.2. The van der Waals surface area contributed by atoms with Crippen LogP contribution in [0.1, 0.15) is 5.56 Å². The summed E-state index contributed by atoms with van der Waals surface area (Å²) < 4.78 is 1.09. The second-order valence-corrected chi connectivity index (χ2v) is 5.61. The van der Waals surface area contributed by atoms with Crippen LogP contribution < -0.4 is 10.6 Å². The number of fused-ring (bicyclic) bond motifs is 1. The molecule has 2 aromatic carbocycles. The number of para-hydroxylation sites is 1. The summed E-state index contributed by atoms with van der Waals surface area (Å²) in [5.41, 5.74) is 3.09. The number of halogens is 1. The largest absolute Gasteiger partial charge is 0.357 e. The van der Waals surface area contributed by atoms with Crippen LogP contribution in [0.4, 0.5) is 17.5 Å². The van der Waals surface area contributed by atoms with E-state index in [2.05, 4.69) is 49.5 Å². The van der Waals surface area contributed by atoms with E-state index in [0.717, 1.165) is 26.9 Å². The van der Waals surface area contributed by atoms with E-state index in [4.69, 9.17) is 0 Å². The maximum absolute atomic E-state index is 4.52. The fraction of sp³-hybridized carbons (Fsp3) is 0.125. The Hall–Kier alpha value is -2.14. The Balaban J connectivity index is 2.08. The zero-order valence-electron chi connectivity index (χ0n) is 11.8. The molecule has 0 saturated carbocycles. The van der Waals surface area contributed by atoms with Crippen molar-refractivity contribution in [2.45, 2.75) is 6.92 Å². The molecule has 1 aromatic heterocycles. The number of benzene rings is 2. The predicted octanol–water partition coefficient (Wildman–Crippen LogP) is 4.49. The van der Waals surface area contributed by atoms with Crippen LogP contribution in [0.5, 0.6) is 0 Å². The summed E-state index contributed by atoms with van der Waals surface area (Å²) in [7, 11) is 1.82. The van der Waals surface area contributed by atoms with Crippen LogP contribution in [0, 0.1) is 6.92 Å². The predicted molar refractivity (Wildman–Crippen MR) is 91.2 cm³/mol. The van der Waals surface area contributed by atoms with Crippen molar-refractivity contribution in [2.75, 3.05) is 17.7 Å². The van der Waals surface area contributed by atoms with Crippen molar-refractivity contribution in [2.24, 2.45) is 0 Å². The fourth-order valence-corrected chi connectivity index (χ4v) is 2.39. The first-order valence-corrected chi connectivity index (χ1v) is 7.44. The van der Waals surface area contributed by atoms with Crippen LogP contribution in [0.15, 0.2) is 46.9 Å². The van der Waals surface area contributed by atoms with Gasteiger partial charge in [-0.1, -0.05) is 28.1 Å². The molecule has 0 unspecified atom stereocenters. The number of nitrogens with zero attached hydrogens (tertiary/aromatic N) is 2. The van der Waals surface area contributed by atoms with Crippen LogP contribution in [0.3, 0.4) is 0 Å². The molecule has 0 aliphatic carbocycles. The van der Waals surface area contributed by atoms with Gasteiger partial charge in [-0.25, -0.2) is 4.98 Å². The highest BCUT2D eigenvalue weighted by atomic mass is 79.9. The van der Waals surface area contributed by atoms with Crippen LogP contribution in [-0.2, 0) is 0 Å². The van der Waals surface area contributed by atoms with Gasteiger partial charge in [0.2, 0.25) is 5.95 Å². The summed E-state index contributed by atoms with van der Waals surface area (Å²) in [6, 6.07) is 14.1. The summed E-state index contributed by atoms with van der Waals surface area (Å²) in [4.78, 5) is 8.98. The van der Waals surface area contributed by atoms with Crippen molar-refractivity contribution < 1.29 is 0 Å². The minimum Gasteiger partial charge on any atom is -0.357 e. The second kappa shape index (κ2) is 5.69. The second-order valence-electron chi connectivity index (χ2n) is 4.75. The van der Waals surface area contributed by atoms with Crippen molar-refractivity contribution >= 4 is 44.3 Å². The number of aromatic nitrogens is 2. The molecule has 0 saturated heterocycles. The third-order valence-corrected chi connectivity index (χ3v) is 4.14. The molecule has 0 aliphatic heterocycles. The molecule has 5 heteroatoms. The van der Waals surface area contributed by atoms with Gasteiger partial charge >= 0.3 is 0 Å². The lowest BCUT2D eigenvalue weighted by Crippen LogP contribution is -2.02. The van der Waals surface area contributed by atoms with Crippen molar-refractivity contribution in [1.82, 2.24) is 9.97 Å². The zero-order valence-corrected chi connectivity index (χ0v) is 13.4. The number of rotatable bonds is 3. The Bertz CT molecular complexity index is 801. The van der Waals surface area contributed by atoms with Gasteiger partial charge in [-0.05, 0) is 42.8 Å². The van der Waals surface area contributed by atoms with Crippen molar-refractivity contribution in [1.29, 1.82) is 0 Å². The molecular formula is C16H15BrN4. The standard InChI is InChI=1S/C16H15BrN4/c1-10-9-11(7-8-13(10)17)19-15-12-5-3-4-6-14(12)20-16(18-2)21-15/h3-9H,1-2H3,(H2,18,19,20,21). The smallest absolute Gasteiger partial charge is 0.224 e. The lowest BCUT2D eigenvalue weighted by Gasteiger charge is -2.11. The molecule has 1 heterocycles. The van der Waals surface area contributed by atoms with E-state index < -0.39 is 0 Å². The van der Waals surface area contributed by atoms with Gasteiger partial charge in [-0.2, -0.15) is 4.98 Å². The molecule has 0 spiro atoms. The molecule has 0 atom stereocenters. The lowest BCUT2D eigenvalue weighted by molar-refractivity contribution is 1.19. The van der Waals surface area contributed by atoms with Crippen LogP contribution in [0.2, 0.25) is 0 Å². The van der Waals surface area contributed by atoms with E-state index >= 15 is 0 Å². The first kappa shape index (κ1) is 13.8. The number of hydrogen-bond donors (Lipinski definition) is 2. The Kier molecular flexibility index (Phi) is 3.75. The molecule has 0 fully saturated rings. The highest BCUT2D eigenvalue weighted by molar-refractivity contribution is 9.10. The molecule has 0 radical (unpaired) electrons. The molecule has 2 N–H and O–H groups in total. The topological polar surface area (TPSA) is 49.8 Å². The Labute approximate surface area is 131 Å². The monoisotopic (exact) mass is 342 g/mol. The molecule has 0 bridgehead atoms. The van der Waals surface area contributed by atoms with E-state index in [1.807, 2.05) is 43.4 Å². The Morgan fingerprint density at radius 3 is 2.62 bits per heavy atom. The zero-order chi connectivity index (χ0) is 14.8. The maximum atomic E-state index is 4.52. The molecule has 106 valence electrons. The minimum atomic E-state index is 0.602. The van der Waals surface area contributed by atoms with Crippen molar-refractivity contribution in [3.63, 3.8) is 0 Å². The van der Waals surface area contributed by atoms with E-state index in [0.29, 0.717) is 5.95 Å². The third-order valence-electron chi connectivity index (χ3n) is 3.25. The molecule has 0 amide bonds. The highest BCUT2D eigenvalue weighted by Crippen LogP contribution is 2.27. The molecule has 3 aromatic rings. The molecule has 21 heavy (non-hydrogen) atoms. The lowest BCUT2D eigenvalue weighted by atomic mass is 10.2. The SMILES string of the molecule is CNc1nc(Nc2ccc(Br)c(C)c2)c2ccccc2n1. The van der Waals surface area contributed by atoms with Gasteiger partial charge in [0.1, 0.15) is 5.82 Å². The van der Waals surface area contributed by atoms with Crippen LogP contribution >= 0.6 is 15.9 Å². The quantitative estimate of drug-likeness (QED) is 0.736. The third kappa shape index (κ3) is 2.83. The Morgan fingerprint density at radius 1 is 1.05 bits per heavy atom. The summed E-state index contributed by atoms with van der Waals surface area (Å²) in [5.74, 6) is 1.40. The fourth-order valence-electron chi connectivity index (χ4n) is 2.14. The van der Waals surface area contributed by atoms with Gasteiger partial charge < -0.3 is 10.6 Å². The number of aryl methyl sites for hydroxylation is 1. The highest BCUT2D eigenvalue weighted by Gasteiger charge is 2.07. The average molecular weight is 343 g/mol. The van der Waals surface area contributed by atoms with Crippen LogP contribution in [0.25, 0.3) is 10.9 Å².